The number of aromatic nitrogens is 2. The highest BCUT2D eigenvalue weighted by Crippen LogP contribution is 2.27. The normalized spacial score (nSPS) is 15.3. The number of hydrogen-bond acceptors (Lipinski definition) is 4. The van der Waals surface area contributed by atoms with E-state index in [4.69, 9.17) is 4.84 Å². The van der Waals surface area contributed by atoms with E-state index in [2.05, 4.69) is 40.7 Å². The highest BCUT2D eigenvalue weighted by molar-refractivity contribution is 7.98. The lowest BCUT2D eigenvalue weighted by molar-refractivity contribution is -0.188. The largest absolute Gasteiger partial charge is 0.279 e. The Hall–Kier alpha value is -1.79. The Labute approximate surface area is 153 Å². The summed E-state index contributed by atoms with van der Waals surface area (Å²) in [5, 5.41) is 8.53. The van der Waals surface area contributed by atoms with Crippen LogP contribution in [-0.4, -0.2) is 34.5 Å². The molecule has 0 bridgehead atoms. The Bertz CT molecular complexity index is 693. The summed E-state index contributed by atoms with van der Waals surface area (Å²) in [6.45, 7) is 0.300. The second kappa shape index (κ2) is 8.54. The topological polar surface area (TPSA) is 58.2 Å². The minimum atomic E-state index is 0.0880. The SMILES string of the molecule is CSc1ccc(-c2cn[nH]c2CON(C)C(=O)C2CCCCC2)cc1. The van der Waals surface area contributed by atoms with Crippen molar-refractivity contribution in [2.24, 2.45) is 5.92 Å². The molecule has 0 aliphatic heterocycles. The Morgan fingerprint density at radius 2 is 2.00 bits per heavy atom. The number of benzene rings is 1. The minimum Gasteiger partial charge on any atom is -0.279 e. The lowest BCUT2D eigenvalue weighted by atomic mass is 9.89. The summed E-state index contributed by atoms with van der Waals surface area (Å²) in [6.07, 6.45) is 9.33. The van der Waals surface area contributed by atoms with E-state index in [1.54, 1.807) is 25.0 Å². The maximum atomic E-state index is 12.5. The highest BCUT2D eigenvalue weighted by atomic mass is 32.2. The van der Waals surface area contributed by atoms with Gasteiger partial charge in [0.05, 0.1) is 11.9 Å². The van der Waals surface area contributed by atoms with E-state index in [9.17, 15) is 4.79 Å². The molecule has 1 amide bonds. The number of carbonyl (C=O) groups excluding carboxylic acids is 1. The number of aromatic amines is 1. The van der Waals surface area contributed by atoms with Crippen LogP contribution in [0.4, 0.5) is 0 Å². The molecule has 1 fully saturated rings. The van der Waals surface area contributed by atoms with Crippen LogP contribution in [0.15, 0.2) is 35.4 Å². The maximum absolute atomic E-state index is 12.5. The zero-order chi connectivity index (χ0) is 17.6. The molecule has 0 spiro atoms. The minimum absolute atomic E-state index is 0.0880. The molecule has 2 aromatic rings. The Morgan fingerprint density at radius 1 is 1.28 bits per heavy atom. The average Bonchev–Trinajstić information content (AvgIpc) is 3.15. The van der Waals surface area contributed by atoms with Gasteiger partial charge in [-0.3, -0.25) is 14.7 Å². The second-order valence-corrected chi connectivity index (χ2v) is 7.31. The van der Waals surface area contributed by atoms with E-state index in [0.717, 1.165) is 42.5 Å². The van der Waals surface area contributed by atoms with Crippen LogP contribution in [-0.2, 0) is 16.2 Å². The van der Waals surface area contributed by atoms with Crippen LogP contribution in [0, 0.1) is 5.92 Å². The first-order valence-electron chi connectivity index (χ1n) is 8.76. The van der Waals surface area contributed by atoms with Crippen molar-refractivity contribution < 1.29 is 9.63 Å². The van der Waals surface area contributed by atoms with Gasteiger partial charge in [-0.05, 0) is 36.8 Å². The van der Waals surface area contributed by atoms with Crippen LogP contribution in [0.1, 0.15) is 37.8 Å². The lowest BCUT2D eigenvalue weighted by Crippen LogP contribution is -2.34. The van der Waals surface area contributed by atoms with Crippen molar-refractivity contribution >= 4 is 17.7 Å². The summed E-state index contributed by atoms with van der Waals surface area (Å²) in [5.74, 6) is 0.198. The molecule has 0 atom stereocenters. The van der Waals surface area contributed by atoms with Crippen molar-refractivity contribution in [1.82, 2.24) is 15.3 Å². The number of rotatable bonds is 6. The first kappa shape index (κ1) is 18.0. The summed E-state index contributed by atoms with van der Waals surface area (Å²) in [4.78, 5) is 19.4. The molecule has 25 heavy (non-hydrogen) atoms. The summed E-state index contributed by atoms with van der Waals surface area (Å²) in [5.41, 5.74) is 2.97. The van der Waals surface area contributed by atoms with Crippen molar-refractivity contribution in [3.05, 3.63) is 36.2 Å². The fourth-order valence-corrected chi connectivity index (χ4v) is 3.68. The number of hydroxylamine groups is 2. The van der Waals surface area contributed by atoms with Crippen LogP contribution in [0.3, 0.4) is 0 Å². The molecular formula is C19H25N3O2S. The monoisotopic (exact) mass is 359 g/mol. The van der Waals surface area contributed by atoms with E-state index in [1.165, 1.54) is 16.4 Å². The van der Waals surface area contributed by atoms with E-state index in [1.807, 2.05) is 0 Å². The van der Waals surface area contributed by atoms with Crippen LogP contribution < -0.4 is 0 Å². The van der Waals surface area contributed by atoms with Gasteiger partial charge in [-0.2, -0.15) is 5.10 Å². The molecule has 1 aliphatic carbocycles. The van der Waals surface area contributed by atoms with Gasteiger partial charge in [0.15, 0.2) is 0 Å². The van der Waals surface area contributed by atoms with Crippen molar-refractivity contribution in [2.75, 3.05) is 13.3 Å². The van der Waals surface area contributed by atoms with Gasteiger partial charge in [0.1, 0.15) is 6.61 Å². The third-order valence-electron chi connectivity index (χ3n) is 4.79. The van der Waals surface area contributed by atoms with Gasteiger partial charge in [0.25, 0.3) is 0 Å². The van der Waals surface area contributed by atoms with E-state index >= 15 is 0 Å². The summed E-state index contributed by atoms with van der Waals surface area (Å²) in [6, 6.07) is 8.35. The molecular weight excluding hydrogens is 334 g/mol. The Balaban J connectivity index is 1.61. The van der Waals surface area contributed by atoms with Crippen LogP contribution in [0.25, 0.3) is 11.1 Å². The molecule has 1 aromatic carbocycles. The second-order valence-electron chi connectivity index (χ2n) is 6.43. The molecule has 1 heterocycles. The van der Waals surface area contributed by atoms with Crippen molar-refractivity contribution in [3.63, 3.8) is 0 Å². The molecule has 6 heteroatoms. The van der Waals surface area contributed by atoms with E-state index in [0.29, 0.717) is 6.61 Å². The molecule has 134 valence electrons. The number of H-pyrrole nitrogens is 1. The van der Waals surface area contributed by atoms with E-state index in [-0.39, 0.29) is 11.8 Å². The Morgan fingerprint density at radius 3 is 2.68 bits per heavy atom. The molecule has 1 aromatic heterocycles. The van der Waals surface area contributed by atoms with Crippen LogP contribution >= 0.6 is 11.8 Å². The van der Waals surface area contributed by atoms with Crippen molar-refractivity contribution in [2.45, 2.75) is 43.6 Å². The van der Waals surface area contributed by atoms with Crippen LogP contribution in [0.2, 0.25) is 0 Å². The lowest BCUT2D eigenvalue weighted by Gasteiger charge is -2.25. The first-order chi connectivity index (χ1) is 12.2. The molecule has 0 radical (unpaired) electrons. The average molecular weight is 359 g/mol. The molecule has 1 N–H and O–H groups in total. The molecule has 1 saturated carbocycles. The predicted molar refractivity (Wildman–Crippen MR) is 99.9 cm³/mol. The number of nitrogens with one attached hydrogen (secondary N) is 1. The Kier molecular flexibility index (Phi) is 6.15. The van der Waals surface area contributed by atoms with Gasteiger partial charge in [-0.15, -0.1) is 11.8 Å². The van der Waals surface area contributed by atoms with Gasteiger partial charge in [-0.25, -0.2) is 5.06 Å². The fraction of sp³-hybridized carbons (Fsp3) is 0.474. The quantitative estimate of drug-likeness (QED) is 0.618. The van der Waals surface area contributed by atoms with Gasteiger partial charge in [0.2, 0.25) is 5.91 Å². The third-order valence-corrected chi connectivity index (χ3v) is 5.53. The fourth-order valence-electron chi connectivity index (χ4n) is 3.27. The molecule has 0 saturated heterocycles. The molecule has 0 unspecified atom stereocenters. The first-order valence-corrected chi connectivity index (χ1v) is 9.98. The number of thioether (sulfide) groups is 1. The molecule has 5 nitrogen and oxygen atoms in total. The highest BCUT2D eigenvalue weighted by Gasteiger charge is 2.25. The van der Waals surface area contributed by atoms with E-state index < -0.39 is 0 Å². The number of nitrogens with zero attached hydrogens (tertiary/aromatic N) is 2. The molecule has 3 rings (SSSR count). The number of amides is 1. The van der Waals surface area contributed by atoms with Crippen molar-refractivity contribution in [1.29, 1.82) is 0 Å². The maximum Gasteiger partial charge on any atom is 0.248 e. The van der Waals surface area contributed by atoms with Crippen molar-refractivity contribution in [3.8, 4) is 11.1 Å². The smallest absolute Gasteiger partial charge is 0.248 e. The summed E-state index contributed by atoms with van der Waals surface area (Å²) >= 11 is 1.72. The third kappa shape index (κ3) is 4.44. The summed E-state index contributed by atoms with van der Waals surface area (Å²) < 4.78 is 0. The number of carbonyl (C=O) groups is 1. The summed E-state index contributed by atoms with van der Waals surface area (Å²) in [7, 11) is 1.71. The zero-order valence-corrected chi connectivity index (χ0v) is 15.6. The zero-order valence-electron chi connectivity index (χ0n) is 14.8. The number of hydrogen-bond donors (Lipinski definition) is 1. The van der Waals surface area contributed by atoms with Crippen LogP contribution in [0.5, 0.6) is 0 Å². The predicted octanol–water partition coefficient (Wildman–Crippen LogP) is 4.27. The molecule has 1 aliphatic rings. The standard InChI is InChI=1S/C19H25N3O2S/c1-22(19(23)15-6-4-3-5-7-15)24-13-18-17(12-20-21-18)14-8-10-16(25-2)11-9-14/h8-12,15H,3-7,13H2,1-2H3,(H,20,21). The van der Waals surface area contributed by atoms with Gasteiger partial charge >= 0.3 is 0 Å². The van der Waals surface area contributed by atoms with Gasteiger partial charge < -0.3 is 0 Å². The van der Waals surface area contributed by atoms with Gasteiger partial charge in [-0.1, -0.05) is 31.4 Å². The van der Waals surface area contributed by atoms with Gasteiger partial charge in [0, 0.05) is 23.4 Å².